The van der Waals surface area contributed by atoms with E-state index in [9.17, 15) is 44.4 Å². The lowest BCUT2D eigenvalue weighted by molar-refractivity contribution is -0.265. The van der Waals surface area contributed by atoms with Crippen molar-refractivity contribution in [1.29, 1.82) is 0 Å². The van der Waals surface area contributed by atoms with Gasteiger partial charge in [0.05, 0.1) is 24.4 Å². The van der Waals surface area contributed by atoms with Crippen LogP contribution in [-0.2, 0) is 42.9 Å². The van der Waals surface area contributed by atoms with E-state index in [0.717, 1.165) is 4.90 Å². The summed E-state index contributed by atoms with van der Waals surface area (Å²) in [4.78, 5) is 71.4. The lowest BCUT2D eigenvalue weighted by Gasteiger charge is -2.42. The molecule has 14 nitrogen and oxygen atoms in total. The van der Waals surface area contributed by atoms with Gasteiger partial charge in [-0.05, 0) is 107 Å². The van der Waals surface area contributed by atoms with E-state index in [2.05, 4.69) is 0 Å². The van der Waals surface area contributed by atoms with E-state index in [1.807, 2.05) is 32.1 Å². The van der Waals surface area contributed by atoms with Crippen molar-refractivity contribution in [3.63, 3.8) is 0 Å². The van der Waals surface area contributed by atoms with Crippen LogP contribution in [0.1, 0.15) is 126 Å². The molecule has 64 heavy (non-hydrogen) atoms. The highest BCUT2D eigenvalue weighted by molar-refractivity contribution is 6.39. The third kappa shape index (κ3) is 13.8. The number of esters is 1. The summed E-state index contributed by atoms with van der Waals surface area (Å²) in [6.45, 7) is 12.5. The number of carbonyl (C=O) groups excluding carboxylic acids is 5. The number of cyclic esters (lactones) is 1. The number of amides is 1. The van der Waals surface area contributed by atoms with E-state index in [-0.39, 0.29) is 61.2 Å². The van der Waals surface area contributed by atoms with Crippen LogP contribution in [-0.4, -0.2) is 130 Å². The average Bonchev–Trinajstić information content (AvgIpc) is 3.26. The van der Waals surface area contributed by atoms with Crippen molar-refractivity contribution in [1.82, 2.24) is 4.90 Å². The van der Waals surface area contributed by atoms with Crippen LogP contribution in [0, 0.1) is 35.5 Å². The number of hydrogen-bond acceptors (Lipinski definition) is 13. The van der Waals surface area contributed by atoms with E-state index in [1.165, 1.54) is 7.11 Å². The summed E-state index contributed by atoms with van der Waals surface area (Å²) < 4.78 is 23.3. The molecular formula is C50H77NO13. The topological polar surface area (TPSA) is 206 Å². The SMILES string of the molecule is CO[C@@H]1C[C@H](C[C@H](C)[C@@H]2CC(=O)[C@H](C)/C=C(\C)[C@@H](O)[C@@H](OC)C(=O)[C@H](C)C[C@H](C)/C=C/C=C/C=C(\C)[C@@H](O)C[C@@H]3CC[C@@H](C)[C@@](O)(O3)C(=O)C(=O)N3CCCC[C@H]3C(=O)O2)CC[C@H]1O. The number of fused-ring (bicyclic) bond motifs is 3. The summed E-state index contributed by atoms with van der Waals surface area (Å²) in [5, 5.41) is 44.8. The minimum atomic E-state index is -2.48. The van der Waals surface area contributed by atoms with Gasteiger partial charge in [-0.25, -0.2) is 4.79 Å². The van der Waals surface area contributed by atoms with E-state index in [4.69, 9.17) is 18.9 Å². The molecule has 2 saturated heterocycles. The Labute approximate surface area is 380 Å². The Balaban J connectivity index is 1.69. The number of Topliss-reactive ketones (excluding diaryl/α,β-unsaturated/α-hetero) is 3. The number of hydrogen-bond donors (Lipinski definition) is 4. The van der Waals surface area contributed by atoms with Gasteiger partial charge in [-0.3, -0.25) is 19.2 Å². The molecular weight excluding hydrogens is 823 g/mol. The van der Waals surface area contributed by atoms with Gasteiger partial charge >= 0.3 is 5.97 Å². The maximum absolute atomic E-state index is 14.3. The zero-order valence-electron chi connectivity index (χ0n) is 39.6. The lowest BCUT2D eigenvalue weighted by atomic mass is 9.78. The molecule has 15 atom stereocenters. The second-order valence-electron chi connectivity index (χ2n) is 19.4. The number of aliphatic hydroxyl groups excluding tert-OH is 3. The summed E-state index contributed by atoms with van der Waals surface area (Å²) in [6.07, 6.45) is 9.53. The second kappa shape index (κ2) is 24.4. The molecule has 0 spiro atoms. The summed E-state index contributed by atoms with van der Waals surface area (Å²) >= 11 is 0. The Morgan fingerprint density at radius 1 is 0.859 bits per heavy atom. The van der Waals surface area contributed by atoms with Crippen molar-refractivity contribution in [2.24, 2.45) is 35.5 Å². The van der Waals surface area contributed by atoms with Gasteiger partial charge in [-0.1, -0.05) is 71.1 Å². The van der Waals surface area contributed by atoms with E-state index in [0.29, 0.717) is 68.9 Å². The van der Waals surface area contributed by atoms with Crippen LogP contribution in [0.25, 0.3) is 0 Å². The van der Waals surface area contributed by atoms with Crippen molar-refractivity contribution >= 4 is 29.2 Å². The van der Waals surface area contributed by atoms with Crippen LogP contribution in [0.2, 0.25) is 0 Å². The molecule has 3 heterocycles. The summed E-state index contributed by atoms with van der Waals surface area (Å²) in [7, 11) is 2.93. The van der Waals surface area contributed by atoms with Crippen LogP contribution in [0.3, 0.4) is 0 Å². The molecule has 2 bridgehead atoms. The summed E-state index contributed by atoms with van der Waals surface area (Å²) in [6, 6.07) is -1.16. The van der Waals surface area contributed by atoms with Crippen LogP contribution in [0.15, 0.2) is 47.6 Å². The van der Waals surface area contributed by atoms with Gasteiger partial charge in [0.2, 0.25) is 5.79 Å². The molecule has 0 radical (unpaired) electrons. The Kier molecular flexibility index (Phi) is 20.3. The van der Waals surface area contributed by atoms with Crippen molar-refractivity contribution in [3.8, 4) is 0 Å². The van der Waals surface area contributed by atoms with Crippen molar-refractivity contribution in [3.05, 3.63) is 47.6 Å². The molecule has 1 saturated carbocycles. The monoisotopic (exact) mass is 900 g/mol. The van der Waals surface area contributed by atoms with Crippen molar-refractivity contribution in [2.75, 3.05) is 20.8 Å². The molecule has 4 N–H and O–H groups in total. The lowest BCUT2D eigenvalue weighted by Crippen LogP contribution is -2.61. The summed E-state index contributed by atoms with van der Waals surface area (Å²) in [5.74, 6) is -8.24. The first-order chi connectivity index (χ1) is 30.2. The van der Waals surface area contributed by atoms with Crippen LogP contribution in [0.5, 0.6) is 0 Å². The molecule has 1 amide bonds. The molecule has 0 unspecified atom stereocenters. The number of carbonyl (C=O) groups is 5. The predicted molar refractivity (Wildman–Crippen MR) is 240 cm³/mol. The van der Waals surface area contributed by atoms with Gasteiger partial charge in [-0.2, -0.15) is 0 Å². The Bertz CT molecular complexity index is 1740. The molecule has 3 fully saturated rings. The van der Waals surface area contributed by atoms with Crippen molar-refractivity contribution in [2.45, 2.75) is 180 Å². The Hall–Kier alpha value is -3.37. The molecule has 0 aromatic carbocycles. The van der Waals surface area contributed by atoms with Gasteiger partial charge in [0, 0.05) is 51.4 Å². The number of nitrogens with zero attached hydrogens (tertiary/aromatic N) is 1. The number of methoxy groups -OCH3 is 2. The number of rotatable bonds is 5. The first-order valence-corrected chi connectivity index (χ1v) is 23.5. The minimum Gasteiger partial charge on any atom is -0.460 e. The fourth-order valence-electron chi connectivity index (χ4n) is 9.85. The number of ether oxygens (including phenoxy) is 4. The maximum atomic E-state index is 14.3. The van der Waals surface area contributed by atoms with E-state index in [1.54, 1.807) is 60.0 Å². The third-order valence-electron chi connectivity index (χ3n) is 14.2. The molecule has 4 rings (SSSR count). The zero-order valence-corrected chi connectivity index (χ0v) is 39.6. The summed E-state index contributed by atoms with van der Waals surface area (Å²) in [5.41, 5.74) is 1.000. The van der Waals surface area contributed by atoms with Crippen LogP contribution < -0.4 is 0 Å². The number of aliphatic hydroxyl groups is 4. The molecule has 0 aromatic heterocycles. The largest absolute Gasteiger partial charge is 0.460 e. The molecule has 0 aromatic rings. The van der Waals surface area contributed by atoms with Gasteiger partial charge in [0.15, 0.2) is 5.78 Å². The molecule has 4 aliphatic rings. The fraction of sp³-hybridized carbons (Fsp3) is 0.740. The Morgan fingerprint density at radius 3 is 2.27 bits per heavy atom. The van der Waals surface area contributed by atoms with E-state index < -0.39 is 83.9 Å². The molecule has 14 heteroatoms. The smallest absolute Gasteiger partial charge is 0.329 e. The second-order valence-corrected chi connectivity index (χ2v) is 19.4. The standard InChI is InChI=1S/C50H77NO13/c1-29-15-11-10-12-16-30(2)40(53)27-37-20-18-35(7)50(60,64-37)47(57)48(58)51-22-14-13-17-38(51)49(59)63-42(32(4)25-36-19-21-39(52)43(26-36)61-8)28-41(54)31(3)24-34(6)45(56)46(62-9)44(55)33(5)23-29/h10-12,15-16,24,29,31-33,35-40,42-43,45-46,52-53,56,60H,13-14,17-23,25-28H2,1-9H3/b12-10+,15-11+,30-16+,34-24+/t29-,31-,32+,33-,35-,36+,37+,38+,39-,40+,42+,43-,45-,46+,50-/m1/s1. The maximum Gasteiger partial charge on any atom is 0.329 e. The highest BCUT2D eigenvalue weighted by atomic mass is 16.6. The average molecular weight is 900 g/mol. The van der Waals surface area contributed by atoms with E-state index >= 15 is 0 Å². The van der Waals surface area contributed by atoms with Gasteiger partial charge in [-0.15, -0.1) is 0 Å². The minimum absolute atomic E-state index is 0.00489. The zero-order chi connectivity index (χ0) is 47.5. The normalized spacial score (nSPS) is 40.9. The first-order valence-electron chi connectivity index (χ1n) is 23.5. The van der Waals surface area contributed by atoms with Gasteiger partial charge < -0.3 is 44.3 Å². The molecule has 360 valence electrons. The predicted octanol–water partition coefficient (Wildman–Crippen LogP) is 5.53. The third-order valence-corrected chi connectivity index (χ3v) is 14.2. The van der Waals surface area contributed by atoms with Crippen LogP contribution >= 0.6 is 0 Å². The Morgan fingerprint density at radius 2 is 1.58 bits per heavy atom. The first kappa shape index (κ1) is 53.2. The highest BCUT2D eigenvalue weighted by Crippen LogP contribution is 2.37. The number of allylic oxidation sites excluding steroid dienone is 6. The van der Waals surface area contributed by atoms with Crippen molar-refractivity contribution < 1.29 is 63.3 Å². The quantitative estimate of drug-likeness (QED) is 0.153. The van der Waals surface area contributed by atoms with Crippen LogP contribution in [0.4, 0.5) is 0 Å². The number of ketones is 3. The van der Waals surface area contributed by atoms with Gasteiger partial charge in [0.1, 0.15) is 30.1 Å². The molecule has 3 aliphatic heterocycles. The fourth-order valence-corrected chi connectivity index (χ4v) is 9.85. The highest BCUT2D eigenvalue weighted by Gasteiger charge is 2.53. The number of piperidine rings is 1. The van der Waals surface area contributed by atoms with Gasteiger partial charge in [0.25, 0.3) is 11.7 Å². The molecule has 1 aliphatic carbocycles.